The summed E-state index contributed by atoms with van der Waals surface area (Å²) in [6, 6.07) is 18.4. The van der Waals surface area contributed by atoms with Crippen LogP contribution >= 0.6 is 0 Å². The monoisotopic (exact) mass is 255 g/mol. The standard InChI is InChI=1S/C17H21NO/c1-3-16(18)13(2)19-17-12-8-7-11-15(17)14-9-5-4-6-10-14/h4-13,16H,3,18H2,1-2H3. The van der Waals surface area contributed by atoms with E-state index in [0.29, 0.717) is 0 Å². The van der Waals surface area contributed by atoms with Gasteiger partial charge in [-0.05, 0) is 25.0 Å². The highest BCUT2D eigenvalue weighted by Crippen LogP contribution is 2.30. The van der Waals surface area contributed by atoms with Gasteiger partial charge in [-0.25, -0.2) is 0 Å². The van der Waals surface area contributed by atoms with E-state index in [9.17, 15) is 0 Å². The van der Waals surface area contributed by atoms with Gasteiger partial charge in [0.1, 0.15) is 11.9 Å². The zero-order chi connectivity index (χ0) is 13.7. The third kappa shape index (κ3) is 3.36. The number of hydrogen-bond donors (Lipinski definition) is 1. The summed E-state index contributed by atoms with van der Waals surface area (Å²) in [6.45, 7) is 4.10. The molecule has 0 aliphatic heterocycles. The molecule has 100 valence electrons. The Bertz CT molecular complexity index is 510. The molecule has 2 heteroatoms. The molecule has 0 saturated heterocycles. The molecular weight excluding hydrogens is 234 g/mol. The molecule has 0 heterocycles. The average molecular weight is 255 g/mol. The predicted octanol–water partition coefficient (Wildman–Crippen LogP) is 3.86. The minimum absolute atomic E-state index is 0.00913. The first-order valence-electron chi connectivity index (χ1n) is 6.79. The quantitative estimate of drug-likeness (QED) is 0.880. The van der Waals surface area contributed by atoms with Crippen LogP contribution in [-0.2, 0) is 0 Å². The summed E-state index contributed by atoms with van der Waals surface area (Å²) in [5.74, 6) is 0.894. The van der Waals surface area contributed by atoms with E-state index < -0.39 is 0 Å². The second-order valence-electron chi connectivity index (χ2n) is 4.76. The van der Waals surface area contributed by atoms with Crippen molar-refractivity contribution < 1.29 is 4.74 Å². The van der Waals surface area contributed by atoms with Crippen LogP contribution in [0.1, 0.15) is 20.3 Å². The van der Waals surface area contributed by atoms with Crippen LogP contribution in [0.3, 0.4) is 0 Å². The van der Waals surface area contributed by atoms with Crippen molar-refractivity contribution in [3.63, 3.8) is 0 Å². The fourth-order valence-corrected chi connectivity index (χ4v) is 2.05. The molecule has 2 aromatic carbocycles. The van der Waals surface area contributed by atoms with Crippen LogP contribution in [0, 0.1) is 0 Å². The molecule has 0 aromatic heterocycles. The van der Waals surface area contributed by atoms with E-state index in [1.54, 1.807) is 0 Å². The summed E-state index contributed by atoms with van der Waals surface area (Å²) in [7, 11) is 0. The molecule has 2 rings (SSSR count). The molecule has 2 N–H and O–H groups in total. The number of ether oxygens (including phenoxy) is 1. The van der Waals surface area contributed by atoms with Gasteiger partial charge in [0.25, 0.3) is 0 Å². The zero-order valence-corrected chi connectivity index (χ0v) is 11.5. The fraction of sp³-hybridized carbons (Fsp3) is 0.294. The number of nitrogens with two attached hydrogens (primary N) is 1. The Morgan fingerprint density at radius 3 is 2.32 bits per heavy atom. The maximum absolute atomic E-state index is 6.03. The van der Waals surface area contributed by atoms with E-state index in [1.807, 2.05) is 43.3 Å². The Morgan fingerprint density at radius 1 is 1.00 bits per heavy atom. The van der Waals surface area contributed by atoms with Crippen LogP contribution in [0.2, 0.25) is 0 Å². The lowest BCUT2D eigenvalue weighted by Crippen LogP contribution is -2.36. The van der Waals surface area contributed by atoms with E-state index >= 15 is 0 Å². The Kier molecular flexibility index (Phi) is 4.58. The van der Waals surface area contributed by atoms with Gasteiger partial charge < -0.3 is 10.5 Å². The maximum Gasteiger partial charge on any atom is 0.127 e. The van der Waals surface area contributed by atoms with Crippen molar-refractivity contribution in [1.82, 2.24) is 0 Å². The Balaban J connectivity index is 2.27. The molecule has 2 aromatic rings. The van der Waals surface area contributed by atoms with Crippen molar-refractivity contribution in [2.45, 2.75) is 32.4 Å². The molecule has 0 aliphatic carbocycles. The molecule has 0 radical (unpaired) electrons. The molecule has 0 fully saturated rings. The smallest absolute Gasteiger partial charge is 0.127 e. The van der Waals surface area contributed by atoms with Gasteiger partial charge in [-0.2, -0.15) is 0 Å². The Hall–Kier alpha value is -1.80. The summed E-state index contributed by atoms with van der Waals surface area (Å²) in [5.41, 5.74) is 8.30. The third-order valence-corrected chi connectivity index (χ3v) is 3.36. The third-order valence-electron chi connectivity index (χ3n) is 3.36. The van der Waals surface area contributed by atoms with Crippen LogP contribution in [0.15, 0.2) is 54.6 Å². The zero-order valence-electron chi connectivity index (χ0n) is 11.5. The number of benzene rings is 2. The number of para-hydroxylation sites is 1. The molecule has 0 spiro atoms. The van der Waals surface area contributed by atoms with E-state index in [1.165, 1.54) is 0 Å². The largest absolute Gasteiger partial charge is 0.488 e. The first kappa shape index (κ1) is 13.6. The molecule has 0 bridgehead atoms. The van der Waals surface area contributed by atoms with Gasteiger partial charge in [0.15, 0.2) is 0 Å². The van der Waals surface area contributed by atoms with Crippen LogP contribution in [0.5, 0.6) is 5.75 Å². The normalized spacial score (nSPS) is 13.8. The summed E-state index contributed by atoms with van der Waals surface area (Å²) in [5, 5.41) is 0. The SMILES string of the molecule is CCC(N)C(C)Oc1ccccc1-c1ccccc1. The lowest BCUT2D eigenvalue weighted by Gasteiger charge is -2.22. The van der Waals surface area contributed by atoms with Gasteiger partial charge in [0, 0.05) is 11.6 Å². The van der Waals surface area contributed by atoms with Gasteiger partial charge in [-0.1, -0.05) is 55.5 Å². The summed E-state index contributed by atoms with van der Waals surface area (Å²) < 4.78 is 6.03. The lowest BCUT2D eigenvalue weighted by atomic mass is 10.0. The number of hydrogen-bond acceptors (Lipinski definition) is 2. The van der Waals surface area contributed by atoms with Crippen molar-refractivity contribution in [3.8, 4) is 16.9 Å². The predicted molar refractivity (Wildman–Crippen MR) is 80.2 cm³/mol. The van der Waals surface area contributed by atoms with E-state index in [0.717, 1.165) is 23.3 Å². The number of rotatable bonds is 5. The van der Waals surface area contributed by atoms with Crippen molar-refractivity contribution in [3.05, 3.63) is 54.6 Å². The molecule has 2 nitrogen and oxygen atoms in total. The van der Waals surface area contributed by atoms with Crippen molar-refractivity contribution in [1.29, 1.82) is 0 Å². The molecule has 2 unspecified atom stereocenters. The molecule has 19 heavy (non-hydrogen) atoms. The van der Waals surface area contributed by atoms with Crippen LogP contribution < -0.4 is 10.5 Å². The summed E-state index contributed by atoms with van der Waals surface area (Å²) in [6.07, 6.45) is 0.921. The molecule has 2 atom stereocenters. The Morgan fingerprint density at radius 2 is 1.63 bits per heavy atom. The summed E-state index contributed by atoms with van der Waals surface area (Å²) in [4.78, 5) is 0. The van der Waals surface area contributed by atoms with Crippen LogP contribution in [0.25, 0.3) is 11.1 Å². The molecule has 0 amide bonds. The first-order valence-corrected chi connectivity index (χ1v) is 6.79. The van der Waals surface area contributed by atoms with Crippen molar-refractivity contribution in [2.24, 2.45) is 5.73 Å². The van der Waals surface area contributed by atoms with Crippen molar-refractivity contribution >= 4 is 0 Å². The highest BCUT2D eigenvalue weighted by molar-refractivity contribution is 5.70. The molecular formula is C17H21NO. The second-order valence-corrected chi connectivity index (χ2v) is 4.76. The van der Waals surface area contributed by atoms with Crippen LogP contribution in [0.4, 0.5) is 0 Å². The second kappa shape index (κ2) is 6.39. The minimum atomic E-state index is 0.00913. The average Bonchev–Trinajstić information content (AvgIpc) is 2.47. The van der Waals surface area contributed by atoms with Crippen LogP contribution in [-0.4, -0.2) is 12.1 Å². The van der Waals surface area contributed by atoms with Gasteiger partial charge in [0.2, 0.25) is 0 Å². The summed E-state index contributed by atoms with van der Waals surface area (Å²) >= 11 is 0. The van der Waals surface area contributed by atoms with Gasteiger partial charge in [0.05, 0.1) is 0 Å². The highest BCUT2D eigenvalue weighted by atomic mass is 16.5. The fourth-order valence-electron chi connectivity index (χ4n) is 2.05. The highest BCUT2D eigenvalue weighted by Gasteiger charge is 2.14. The van der Waals surface area contributed by atoms with Crippen molar-refractivity contribution in [2.75, 3.05) is 0 Å². The van der Waals surface area contributed by atoms with E-state index in [2.05, 4.69) is 25.1 Å². The topological polar surface area (TPSA) is 35.2 Å². The maximum atomic E-state index is 6.03. The van der Waals surface area contributed by atoms with Gasteiger partial charge in [-0.15, -0.1) is 0 Å². The van der Waals surface area contributed by atoms with E-state index in [-0.39, 0.29) is 12.1 Å². The minimum Gasteiger partial charge on any atom is -0.488 e. The Labute approximate surface area is 115 Å². The lowest BCUT2D eigenvalue weighted by molar-refractivity contribution is 0.188. The molecule has 0 saturated carbocycles. The van der Waals surface area contributed by atoms with Gasteiger partial charge in [-0.3, -0.25) is 0 Å². The van der Waals surface area contributed by atoms with E-state index in [4.69, 9.17) is 10.5 Å². The molecule has 0 aliphatic rings. The van der Waals surface area contributed by atoms with Gasteiger partial charge >= 0.3 is 0 Å². The first-order chi connectivity index (χ1) is 9.22.